The van der Waals surface area contributed by atoms with Crippen LogP contribution < -0.4 is 15.6 Å². The average Bonchev–Trinajstić information content (AvgIpc) is 2.79. The smallest absolute Gasteiger partial charge is 0.268 e. The zero-order chi connectivity index (χ0) is 23.9. The van der Waals surface area contributed by atoms with Gasteiger partial charge in [0.25, 0.3) is 11.5 Å². The molecule has 1 aliphatic heterocycles. The second-order valence-electron chi connectivity index (χ2n) is 7.97. The molecule has 4 rings (SSSR count). The number of carbonyl (C=O) groups excluding carboxylic acids is 2. The molecule has 0 radical (unpaired) electrons. The zero-order valence-electron chi connectivity index (χ0n) is 18.4. The number of amides is 2. The molecule has 0 fully saturated rings. The van der Waals surface area contributed by atoms with Gasteiger partial charge >= 0.3 is 0 Å². The molecular formula is C23H23FN4O5. The van der Waals surface area contributed by atoms with Crippen LogP contribution in [-0.2, 0) is 17.8 Å². The number of aromatic nitrogens is 2. The molecule has 2 N–H and O–H groups in total. The quantitative estimate of drug-likeness (QED) is 0.603. The Morgan fingerprint density at radius 2 is 2.03 bits per heavy atom. The minimum atomic E-state index is -0.731. The van der Waals surface area contributed by atoms with Gasteiger partial charge in [0.15, 0.2) is 11.5 Å². The summed E-state index contributed by atoms with van der Waals surface area (Å²) in [6.45, 7) is 1.69. The van der Waals surface area contributed by atoms with Gasteiger partial charge in [-0.15, -0.1) is 0 Å². The van der Waals surface area contributed by atoms with Crippen LogP contribution in [0, 0.1) is 5.82 Å². The summed E-state index contributed by atoms with van der Waals surface area (Å²) in [6.07, 6.45) is 1.25. The van der Waals surface area contributed by atoms with Crippen molar-refractivity contribution in [3.05, 3.63) is 63.3 Å². The minimum absolute atomic E-state index is 0.0597. The predicted molar refractivity (Wildman–Crippen MR) is 118 cm³/mol. The van der Waals surface area contributed by atoms with Gasteiger partial charge in [-0.25, -0.2) is 4.39 Å². The van der Waals surface area contributed by atoms with Crippen LogP contribution >= 0.6 is 0 Å². The van der Waals surface area contributed by atoms with E-state index in [4.69, 9.17) is 4.74 Å². The van der Waals surface area contributed by atoms with Gasteiger partial charge in [-0.3, -0.25) is 23.9 Å². The van der Waals surface area contributed by atoms with Crippen LogP contribution in [-0.4, -0.2) is 58.1 Å². The first-order valence-electron chi connectivity index (χ1n) is 10.3. The number of ether oxygens (including phenoxy) is 1. The molecule has 1 atom stereocenters. The Balaban J connectivity index is 1.91. The maximum atomic E-state index is 13.3. The molecule has 0 aliphatic carbocycles. The Bertz CT molecular complexity index is 1320. The van der Waals surface area contributed by atoms with Crippen LogP contribution in [0.3, 0.4) is 0 Å². The van der Waals surface area contributed by atoms with Crippen molar-refractivity contribution in [2.75, 3.05) is 20.6 Å². The Morgan fingerprint density at radius 1 is 1.33 bits per heavy atom. The number of hydrogen-bond acceptors (Lipinski definition) is 6. The van der Waals surface area contributed by atoms with Gasteiger partial charge in [-0.05, 0) is 17.7 Å². The number of rotatable bonds is 5. The molecule has 172 valence electrons. The molecular weight excluding hydrogens is 431 g/mol. The number of aromatic hydroxyl groups is 1. The molecule has 0 bridgehead atoms. The van der Waals surface area contributed by atoms with E-state index in [1.165, 1.54) is 41.8 Å². The summed E-state index contributed by atoms with van der Waals surface area (Å²) >= 11 is 0. The van der Waals surface area contributed by atoms with E-state index in [1.54, 1.807) is 19.2 Å². The van der Waals surface area contributed by atoms with E-state index in [0.29, 0.717) is 17.7 Å². The first-order chi connectivity index (χ1) is 15.7. The Labute approximate surface area is 188 Å². The lowest BCUT2D eigenvalue weighted by molar-refractivity contribution is -0.128. The molecule has 2 aromatic heterocycles. The molecule has 0 spiro atoms. The summed E-state index contributed by atoms with van der Waals surface area (Å²) in [5, 5.41) is 13.1. The molecule has 3 heterocycles. The second-order valence-corrected chi connectivity index (χ2v) is 7.97. The maximum Gasteiger partial charge on any atom is 0.268 e. The van der Waals surface area contributed by atoms with Gasteiger partial charge < -0.3 is 20.1 Å². The van der Waals surface area contributed by atoms with E-state index in [2.05, 4.69) is 10.3 Å². The minimum Gasteiger partial charge on any atom is -0.505 e. The number of carbonyl (C=O) groups is 2. The van der Waals surface area contributed by atoms with Gasteiger partial charge in [0, 0.05) is 39.2 Å². The van der Waals surface area contributed by atoms with Crippen molar-refractivity contribution >= 4 is 22.8 Å². The van der Waals surface area contributed by atoms with Crippen molar-refractivity contribution in [3.63, 3.8) is 0 Å². The van der Waals surface area contributed by atoms with Crippen molar-refractivity contribution in [2.24, 2.45) is 0 Å². The maximum absolute atomic E-state index is 13.3. The van der Waals surface area contributed by atoms with E-state index >= 15 is 0 Å². The predicted octanol–water partition coefficient (Wildman–Crippen LogP) is 1.43. The van der Waals surface area contributed by atoms with Crippen molar-refractivity contribution in [3.8, 4) is 11.5 Å². The van der Waals surface area contributed by atoms with Crippen LogP contribution in [0.5, 0.6) is 11.5 Å². The van der Waals surface area contributed by atoms with Crippen molar-refractivity contribution in [2.45, 2.75) is 26.0 Å². The van der Waals surface area contributed by atoms with Crippen LogP contribution in [0.4, 0.5) is 4.39 Å². The molecule has 33 heavy (non-hydrogen) atoms. The molecule has 0 saturated heterocycles. The fraction of sp³-hybridized carbons (Fsp3) is 0.304. The van der Waals surface area contributed by atoms with Gasteiger partial charge in [-0.2, -0.15) is 0 Å². The van der Waals surface area contributed by atoms with Gasteiger partial charge in [0.05, 0.1) is 13.1 Å². The van der Waals surface area contributed by atoms with Crippen molar-refractivity contribution < 1.29 is 23.8 Å². The van der Waals surface area contributed by atoms with Crippen molar-refractivity contribution in [1.82, 2.24) is 19.8 Å². The lowest BCUT2D eigenvalue weighted by Gasteiger charge is -2.31. The summed E-state index contributed by atoms with van der Waals surface area (Å²) in [4.78, 5) is 43.1. The molecule has 10 heteroatoms. The van der Waals surface area contributed by atoms with Gasteiger partial charge in [0.2, 0.25) is 5.91 Å². The molecule has 1 aliphatic rings. The van der Waals surface area contributed by atoms with E-state index in [1.807, 2.05) is 0 Å². The number of hydrogen-bond donors (Lipinski definition) is 2. The Morgan fingerprint density at radius 3 is 2.67 bits per heavy atom. The van der Waals surface area contributed by atoms with E-state index in [-0.39, 0.29) is 35.8 Å². The number of pyridine rings is 2. The third kappa shape index (κ3) is 3.99. The lowest BCUT2D eigenvalue weighted by Crippen LogP contribution is -2.44. The first kappa shape index (κ1) is 22.3. The third-order valence-electron chi connectivity index (χ3n) is 5.72. The molecule has 0 unspecified atom stereocenters. The number of benzene rings is 1. The van der Waals surface area contributed by atoms with Crippen molar-refractivity contribution in [1.29, 1.82) is 0 Å². The van der Waals surface area contributed by atoms with Crippen LogP contribution in [0.2, 0.25) is 0 Å². The van der Waals surface area contributed by atoms with E-state index < -0.39 is 28.9 Å². The number of nitrogens with zero attached hydrogens (tertiary/aromatic N) is 3. The average molecular weight is 454 g/mol. The highest BCUT2D eigenvalue weighted by atomic mass is 19.1. The highest BCUT2D eigenvalue weighted by molar-refractivity contribution is 6.02. The summed E-state index contributed by atoms with van der Waals surface area (Å²) in [7, 11) is 2.98. The summed E-state index contributed by atoms with van der Waals surface area (Å²) in [5.41, 5.74) is 0.649. The normalized spacial score (nSPS) is 14.6. The number of halogens is 1. The number of nitrogens with one attached hydrogen (secondary N) is 1. The first-order valence-corrected chi connectivity index (χ1v) is 10.3. The van der Waals surface area contributed by atoms with Gasteiger partial charge in [0.1, 0.15) is 28.5 Å². The van der Waals surface area contributed by atoms with Gasteiger partial charge in [-0.1, -0.05) is 12.1 Å². The second kappa shape index (κ2) is 8.53. The largest absolute Gasteiger partial charge is 0.505 e. The fourth-order valence-corrected chi connectivity index (χ4v) is 3.92. The Kier molecular flexibility index (Phi) is 5.75. The van der Waals surface area contributed by atoms with E-state index in [9.17, 15) is 23.9 Å². The lowest BCUT2D eigenvalue weighted by atomic mass is 10.0. The topological polar surface area (TPSA) is 114 Å². The van der Waals surface area contributed by atoms with Crippen LogP contribution in [0.25, 0.3) is 11.0 Å². The zero-order valence-corrected chi connectivity index (χ0v) is 18.4. The van der Waals surface area contributed by atoms with E-state index in [0.717, 1.165) is 5.56 Å². The highest BCUT2D eigenvalue weighted by Crippen LogP contribution is 2.37. The molecule has 1 aromatic carbocycles. The van der Waals surface area contributed by atoms with Crippen LogP contribution in [0.1, 0.15) is 28.4 Å². The SMILES string of the molecule is CNC(=O)c1c(O)c2ncc(Cc3ccc(F)cc3)c3c2n(c1=O)C[C@H](CN(C)C(C)=O)O3. The summed E-state index contributed by atoms with van der Waals surface area (Å²) in [5.74, 6) is -1.46. The monoisotopic (exact) mass is 454 g/mol. The Hall–Kier alpha value is -3.95. The molecule has 2 amide bonds. The van der Waals surface area contributed by atoms with Crippen LogP contribution in [0.15, 0.2) is 35.3 Å². The summed E-state index contributed by atoms with van der Waals surface area (Å²) in [6, 6.07) is 5.96. The standard InChI is InChI=1S/C23H23FN4O5/c1-12(29)27(3)10-16-11-28-19-18(20(30)17(23(28)32)22(31)25-2)26-9-14(21(19)33-16)8-13-4-6-15(24)7-5-13/h4-7,9,16,30H,8,10-11H2,1-3H3,(H,25,31)/t16-/m0/s1. The highest BCUT2D eigenvalue weighted by Gasteiger charge is 2.32. The molecule has 3 aromatic rings. The molecule has 0 saturated carbocycles. The summed E-state index contributed by atoms with van der Waals surface area (Å²) < 4.78 is 20.9. The molecule has 9 nitrogen and oxygen atoms in total. The third-order valence-corrected chi connectivity index (χ3v) is 5.72. The number of likely N-dealkylation sites (N-methyl/N-ethyl adjacent to an activating group) is 1. The fourth-order valence-electron chi connectivity index (χ4n) is 3.92.